The zero-order chi connectivity index (χ0) is 14.5. The van der Waals surface area contributed by atoms with Gasteiger partial charge in [-0.2, -0.15) is 0 Å². The van der Waals surface area contributed by atoms with E-state index >= 15 is 0 Å². The van der Waals surface area contributed by atoms with Crippen molar-refractivity contribution >= 4 is 27.4 Å². The van der Waals surface area contributed by atoms with E-state index in [0.29, 0.717) is 19.7 Å². The van der Waals surface area contributed by atoms with Crippen molar-refractivity contribution in [1.82, 2.24) is 14.9 Å². The van der Waals surface area contributed by atoms with Crippen LogP contribution in [0.3, 0.4) is 0 Å². The molecule has 0 aliphatic rings. The molecule has 0 amide bonds. The zero-order valence-electron chi connectivity index (χ0n) is 12.0. The maximum absolute atomic E-state index is 9.72. The van der Waals surface area contributed by atoms with Crippen molar-refractivity contribution in [2.45, 2.75) is 12.6 Å². The Balaban J connectivity index is 2.09. The number of methoxy groups -OCH3 is 1. The average Bonchev–Trinajstić information content (AvgIpc) is 2.85. The molecule has 20 heavy (non-hydrogen) atoms. The molecule has 0 fully saturated rings. The number of hydrogen-bond donors (Lipinski definition) is 2. The maximum Gasteiger partial charge on any atom is 0.146 e. The summed E-state index contributed by atoms with van der Waals surface area (Å²) in [6, 6.07) is 2.02. The number of aromatic nitrogens is 2. The highest BCUT2D eigenvalue weighted by Crippen LogP contribution is 2.24. The Morgan fingerprint density at radius 3 is 3.00 bits per heavy atom. The van der Waals surface area contributed by atoms with Crippen LogP contribution < -0.4 is 5.32 Å². The van der Waals surface area contributed by atoms with Crippen molar-refractivity contribution < 1.29 is 9.84 Å². The Bertz CT molecular complexity index is 560. The van der Waals surface area contributed by atoms with Crippen LogP contribution in [-0.4, -0.2) is 60.4 Å². The molecule has 7 heteroatoms. The number of anilines is 1. The summed E-state index contributed by atoms with van der Waals surface area (Å²) < 4.78 is 4.92. The lowest BCUT2D eigenvalue weighted by Gasteiger charge is -2.19. The van der Waals surface area contributed by atoms with Gasteiger partial charge in [0.05, 0.1) is 24.6 Å². The second-order valence-corrected chi connectivity index (χ2v) is 5.58. The van der Waals surface area contributed by atoms with Gasteiger partial charge in [0.2, 0.25) is 0 Å². The fraction of sp³-hybridized carbons (Fsp3) is 0.538. The lowest BCUT2D eigenvalue weighted by Crippen LogP contribution is -2.32. The quantitative estimate of drug-likeness (QED) is 0.799. The van der Waals surface area contributed by atoms with Gasteiger partial charge < -0.3 is 15.2 Å². The molecule has 0 spiro atoms. The van der Waals surface area contributed by atoms with E-state index in [4.69, 9.17) is 4.74 Å². The number of aliphatic hydroxyl groups is 1. The largest absolute Gasteiger partial charge is 0.389 e. The Kier molecular flexibility index (Phi) is 5.24. The Morgan fingerprint density at radius 2 is 2.30 bits per heavy atom. The zero-order valence-corrected chi connectivity index (χ0v) is 12.8. The van der Waals surface area contributed by atoms with Crippen LogP contribution in [0.25, 0.3) is 10.2 Å². The minimum absolute atomic E-state index is 0.330. The van der Waals surface area contributed by atoms with Crippen molar-refractivity contribution in [2.24, 2.45) is 0 Å². The van der Waals surface area contributed by atoms with Crippen molar-refractivity contribution in [2.75, 3.05) is 39.7 Å². The van der Waals surface area contributed by atoms with Crippen LogP contribution in [0.4, 0.5) is 5.82 Å². The molecule has 2 rings (SSSR count). The van der Waals surface area contributed by atoms with Gasteiger partial charge in [-0.25, -0.2) is 9.97 Å². The molecular formula is C13H20N4O2S. The minimum atomic E-state index is -0.501. The second kappa shape index (κ2) is 6.94. The monoisotopic (exact) mass is 296 g/mol. The van der Waals surface area contributed by atoms with Gasteiger partial charge in [0.1, 0.15) is 16.5 Å². The lowest BCUT2D eigenvalue weighted by molar-refractivity contribution is 0.0414. The first-order valence-electron chi connectivity index (χ1n) is 6.41. The highest BCUT2D eigenvalue weighted by molar-refractivity contribution is 7.16. The topological polar surface area (TPSA) is 70.5 Å². The van der Waals surface area contributed by atoms with E-state index in [1.807, 2.05) is 30.4 Å². The number of nitrogens with one attached hydrogen (secondary N) is 1. The standard InChI is InChI=1S/C13H20N4O2S/c1-14-12-10-4-5-20-13(10)16-11(15-12)7-17(2)6-9(18)8-19-3/h4-5,9,18H,6-8H2,1-3H3,(H,14,15,16). The predicted molar refractivity (Wildman–Crippen MR) is 81.2 cm³/mol. The molecule has 2 aromatic heterocycles. The minimum Gasteiger partial charge on any atom is -0.389 e. The summed E-state index contributed by atoms with van der Waals surface area (Å²) in [6.07, 6.45) is -0.501. The fourth-order valence-electron chi connectivity index (χ4n) is 2.07. The highest BCUT2D eigenvalue weighted by atomic mass is 32.1. The average molecular weight is 296 g/mol. The highest BCUT2D eigenvalue weighted by Gasteiger charge is 2.12. The SMILES string of the molecule is CNc1nc(CN(C)CC(O)COC)nc2sccc12. The van der Waals surface area contributed by atoms with E-state index in [9.17, 15) is 5.11 Å². The van der Waals surface area contributed by atoms with Crippen LogP contribution in [0.1, 0.15) is 5.82 Å². The summed E-state index contributed by atoms with van der Waals surface area (Å²) in [4.78, 5) is 12.0. The number of aliphatic hydroxyl groups excluding tert-OH is 1. The van der Waals surface area contributed by atoms with Gasteiger partial charge >= 0.3 is 0 Å². The molecule has 0 aromatic carbocycles. The van der Waals surface area contributed by atoms with E-state index in [1.165, 1.54) is 0 Å². The van der Waals surface area contributed by atoms with E-state index in [2.05, 4.69) is 15.3 Å². The fourth-order valence-corrected chi connectivity index (χ4v) is 2.85. The van der Waals surface area contributed by atoms with Gasteiger partial charge in [-0.05, 0) is 18.5 Å². The number of hydrogen-bond acceptors (Lipinski definition) is 7. The summed E-state index contributed by atoms with van der Waals surface area (Å²) in [5.41, 5.74) is 0. The van der Waals surface area contributed by atoms with Crippen LogP contribution >= 0.6 is 11.3 Å². The molecule has 1 unspecified atom stereocenters. The lowest BCUT2D eigenvalue weighted by atomic mass is 10.3. The van der Waals surface area contributed by atoms with Crippen LogP contribution in [-0.2, 0) is 11.3 Å². The third-order valence-corrected chi connectivity index (χ3v) is 3.71. The van der Waals surface area contributed by atoms with Gasteiger partial charge in [0.25, 0.3) is 0 Å². The normalized spacial score (nSPS) is 13.1. The molecule has 2 aromatic rings. The van der Waals surface area contributed by atoms with Crippen molar-refractivity contribution in [3.8, 4) is 0 Å². The molecule has 0 saturated carbocycles. The van der Waals surface area contributed by atoms with Crippen molar-refractivity contribution in [1.29, 1.82) is 0 Å². The first-order chi connectivity index (χ1) is 9.63. The van der Waals surface area contributed by atoms with Crippen LogP contribution in [0.15, 0.2) is 11.4 Å². The molecule has 0 radical (unpaired) electrons. The van der Waals surface area contributed by atoms with E-state index in [1.54, 1.807) is 18.4 Å². The van der Waals surface area contributed by atoms with Gasteiger partial charge in [-0.1, -0.05) is 0 Å². The molecule has 1 atom stereocenters. The predicted octanol–water partition coefficient (Wildman–Crippen LogP) is 1.17. The van der Waals surface area contributed by atoms with Gasteiger partial charge in [-0.3, -0.25) is 4.90 Å². The van der Waals surface area contributed by atoms with E-state index in [0.717, 1.165) is 21.9 Å². The molecule has 0 bridgehead atoms. The van der Waals surface area contributed by atoms with E-state index in [-0.39, 0.29) is 0 Å². The first kappa shape index (κ1) is 15.1. The number of thiophene rings is 1. The van der Waals surface area contributed by atoms with E-state index < -0.39 is 6.10 Å². The number of rotatable bonds is 7. The molecule has 2 heterocycles. The number of fused-ring (bicyclic) bond motifs is 1. The molecule has 110 valence electrons. The van der Waals surface area contributed by atoms with Crippen molar-refractivity contribution in [3.63, 3.8) is 0 Å². The number of nitrogens with zero attached hydrogens (tertiary/aromatic N) is 3. The van der Waals surface area contributed by atoms with Crippen LogP contribution in [0, 0.1) is 0 Å². The first-order valence-corrected chi connectivity index (χ1v) is 7.29. The second-order valence-electron chi connectivity index (χ2n) is 4.68. The third-order valence-electron chi connectivity index (χ3n) is 2.90. The summed E-state index contributed by atoms with van der Waals surface area (Å²) in [5, 5.41) is 15.9. The van der Waals surface area contributed by atoms with Crippen LogP contribution in [0.2, 0.25) is 0 Å². The summed E-state index contributed by atoms with van der Waals surface area (Å²) in [5.74, 6) is 1.59. The Hall–Kier alpha value is -1.28. The van der Waals surface area contributed by atoms with Crippen LogP contribution in [0.5, 0.6) is 0 Å². The summed E-state index contributed by atoms with van der Waals surface area (Å²) in [7, 11) is 5.37. The molecule has 0 aliphatic heterocycles. The summed E-state index contributed by atoms with van der Waals surface area (Å²) in [6.45, 7) is 1.44. The Labute approximate surface area is 122 Å². The van der Waals surface area contributed by atoms with Gasteiger partial charge in [0, 0.05) is 20.7 Å². The number of likely N-dealkylation sites (N-methyl/N-ethyl adjacent to an activating group) is 1. The maximum atomic E-state index is 9.72. The molecule has 0 saturated heterocycles. The van der Waals surface area contributed by atoms with Gasteiger partial charge in [0.15, 0.2) is 0 Å². The molecular weight excluding hydrogens is 276 g/mol. The number of ether oxygens (including phenoxy) is 1. The van der Waals surface area contributed by atoms with Gasteiger partial charge in [-0.15, -0.1) is 11.3 Å². The van der Waals surface area contributed by atoms with Crippen molar-refractivity contribution in [3.05, 3.63) is 17.3 Å². The molecule has 2 N–H and O–H groups in total. The third kappa shape index (κ3) is 3.63. The summed E-state index contributed by atoms with van der Waals surface area (Å²) >= 11 is 1.60. The molecule has 0 aliphatic carbocycles. The molecule has 6 nitrogen and oxygen atoms in total. The Morgan fingerprint density at radius 1 is 1.50 bits per heavy atom. The smallest absolute Gasteiger partial charge is 0.146 e.